The summed E-state index contributed by atoms with van der Waals surface area (Å²) in [6.45, 7) is 2.12. The highest BCUT2D eigenvalue weighted by Crippen LogP contribution is 2.21. The number of Topliss-reactive ketones (excluding diaryl/α,β-unsaturated/α-hetero) is 1. The van der Waals surface area contributed by atoms with Crippen LogP contribution in [0.4, 0.5) is 0 Å². The van der Waals surface area contributed by atoms with Crippen molar-refractivity contribution < 1.29 is 4.79 Å². The van der Waals surface area contributed by atoms with E-state index in [9.17, 15) is 4.79 Å². The number of carbonyl (C=O) groups excluding carboxylic acids is 1. The molecule has 0 aromatic carbocycles. The lowest BCUT2D eigenvalue weighted by atomic mass is 9.96. The van der Waals surface area contributed by atoms with Crippen molar-refractivity contribution in [2.75, 3.05) is 0 Å². The second-order valence-corrected chi connectivity index (χ2v) is 3.17. The fraction of sp³-hybridized carbons (Fsp3) is 0.889. The lowest BCUT2D eigenvalue weighted by Gasteiger charge is -2.07. The summed E-state index contributed by atoms with van der Waals surface area (Å²) in [4.78, 5) is 11.2. The average Bonchev–Trinajstić information content (AvgIpc) is 2.13. The number of carbonyl (C=O) groups is 1. The van der Waals surface area contributed by atoms with Gasteiger partial charge in [0, 0.05) is 12.3 Å². The van der Waals surface area contributed by atoms with Gasteiger partial charge in [-0.15, -0.1) is 0 Å². The van der Waals surface area contributed by atoms with Crippen molar-refractivity contribution in [2.45, 2.75) is 45.4 Å². The summed E-state index contributed by atoms with van der Waals surface area (Å²) in [5.74, 6) is 0.919. The van der Waals surface area contributed by atoms with E-state index in [0.717, 1.165) is 25.7 Å². The molecular formula is C9H16O. The molecule has 1 nitrogen and oxygen atoms in total. The molecule has 1 atom stereocenters. The van der Waals surface area contributed by atoms with Gasteiger partial charge in [-0.3, -0.25) is 4.79 Å². The van der Waals surface area contributed by atoms with Crippen LogP contribution in [0.5, 0.6) is 0 Å². The van der Waals surface area contributed by atoms with E-state index >= 15 is 0 Å². The molecule has 0 spiro atoms. The first-order chi connectivity index (χ1) is 4.84. The highest BCUT2D eigenvalue weighted by molar-refractivity contribution is 5.81. The Kier molecular flexibility index (Phi) is 2.91. The van der Waals surface area contributed by atoms with E-state index in [1.807, 2.05) is 0 Å². The van der Waals surface area contributed by atoms with Crippen LogP contribution in [0.3, 0.4) is 0 Å². The van der Waals surface area contributed by atoms with Crippen molar-refractivity contribution in [3.8, 4) is 0 Å². The predicted molar refractivity (Wildman–Crippen MR) is 41.9 cm³/mol. The number of hydrogen-bond acceptors (Lipinski definition) is 1. The van der Waals surface area contributed by atoms with E-state index < -0.39 is 0 Å². The Labute approximate surface area is 62.8 Å². The Balaban J connectivity index is 2.43. The Morgan fingerprint density at radius 1 is 1.40 bits per heavy atom. The Morgan fingerprint density at radius 3 is 2.90 bits per heavy atom. The minimum absolute atomic E-state index is 0.405. The number of ketones is 1. The normalized spacial score (nSPS) is 28.1. The molecule has 0 bridgehead atoms. The first-order valence-corrected chi connectivity index (χ1v) is 4.37. The van der Waals surface area contributed by atoms with Crippen molar-refractivity contribution in [1.82, 2.24) is 0 Å². The molecule has 0 N–H and O–H groups in total. The summed E-state index contributed by atoms with van der Waals surface area (Å²) >= 11 is 0. The van der Waals surface area contributed by atoms with E-state index in [4.69, 9.17) is 0 Å². The first kappa shape index (κ1) is 7.77. The summed E-state index contributed by atoms with van der Waals surface area (Å²) in [5, 5.41) is 0. The molecule has 1 aliphatic carbocycles. The maximum Gasteiger partial charge on any atom is 0.135 e. The number of hydrogen-bond donors (Lipinski definition) is 0. The van der Waals surface area contributed by atoms with E-state index in [1.54, 1.807) is 0 Å². The Bertz CT molecular complexity index is 118. The van der Waals surface area contributed by atoms with Crippen LogP contribution >= 0.6 is 0 Å². The molecule has 10 heavy (non-hydrogen) atoms. The minimum atomic E-state index is 0.405. The summed E-state index contributed by atoms with van der Waals surface area (Å²) in [7, 11) is 0. The maximum atomic E-state index is 11.2. The molecule has 58 valence electrons. The van der Waals surface area contributed by atoms with Gasteiger partial charge < -0.3 is 0 Å². The molecule has 1 aliphatic rings. The second kappa shape index (κ2) is 3.75. The Hall–Kier alpha value is -0.330. The van der Waals surface area contributed by atoms with Gasteiger partial charge in [-0.2, -0.15) is 0 Å². The Morgan fingerprint density at radius 2 is 2.20 bits per heavy atom. The molecule has 0 amide bonds. The van der Waals surface area contributed by atoms with Crippen molar-refractivity contribution in [3.05, 3.63) is 0 Å². The van der Waals surface area contributed by atoms with E-state index in [0.29, 0.717) is 11.7 Å². The smallest absolute Gasteiger partial charge is 0.135 e. The zero-order valence-corrected chi connectivity index (χ0v) is 6.73. The topological polar surface area (TPSA) is 17.1 Å². The highest BCUT2D eigenvalue weighted by atomic mass is 16.1. The molecule has 1 heteroatoms. The predicted octanol–water partition coefficient (Wildman–Crippen LogP) is 2.55. The zero-order chi connectivity index (χ0) is 7.40. The van der Waals surface area contributed by atoms with E-state index in [2.05, 4.69) is 6.92 Å². The zero-order valence-electron chi connectivity index (χ0n) is 6.73. The van der Waals surface area contributed by atoms with Crippen molar-refractivity contribution in [1.29, 1.82) is 0 Å². The molecule has 0 radical (unpaired) electrons. The van der Waals surface area contributed by atoms with Gasteiger partial charge in [-0.1, -0.05) is 19.8 Å². The van der Waals surface area contributed by atoms with Gasteiger partial charge in [-0.25, -0.2) is 0 Å². The van der Waals surface area contributed by atoms with Crippen LogP contribution in [-0.4, -0.2) is 5.78 Å². The quantitative estimate of drug-likeness (QED) is 0.511. The van der Waals surface area contributed by atoms with E-state index in [-0.39, 0.29) is 0 Å². The van der Waals surface area contributed by atoms with Crippen LogP contribution in [0, 0.1) is 5.92 Å². The largest absolute Gasteiger partial charge is 0.299 e. The third kappa shape index (κ3) is 1.83. The highest BCUT2D eigenvalue weighted by Gasteiger charge is 2.17. The molecule has 0 aromatic rings. The second-order valence-electron chi connectivity index (χ2n) is 3.17. The van der Waals surface area contributed by atoms with Gasteiger partial charge in [0.1, 0.15) is 5.78 Å². The van der Waals surface area contributed by atoms with Gasteiger partial charge in [0.25, 0.3) is 0 Å². The molecule has 0 unspecified atom stereocenters. The third-order valence-corrected chi connectivity index (χ3v) is 2.42. The van der Waals surface area contributed by atoms with Gasteiger partial charge in [-0.05, 0) is 19.3 Å². The van der Waals surface area contributed by atoms with Crippen LogP contribution < -0.4 is 0 Å². The van der Waals surface area contributed by atoms with Crippen molar-refractivity contribution in [2.24, 2.45) is 5.92 Å². The molecular weight excluding hydrogens is 124 g/mol. The molecule has 0 aliphatic heterocycles. The SMILES string of the molecule is CC[C@@H]1CCCCCC1=O. The van der Waals surface area contributed by atoms with Crippen LogP contribution in [0.2, 0.25) is 0 Å². The van der Waals surface area contributed by atoms with Crippen LogP contribution in [-0.2, 0) is 4.79 Å². The molecule has 0 aromatic heterocycles. The monoisotopic (exact) mass is 140 g/mol. The molecule has 0 saturated heterocycles. The van der Waals surface area contributed by atoms with Gasteiger partial charge in [0.15, 0.2) is 0 Å². The van der Waals surface area contributed by atoms with Gasteiger partial charge >= 0.3 is 0 Å². The van der Waals surface area contributed by atoms with Gasteiger partial charge in [0.05, 0.1) is 0 Å². The molecule has 0 heterocycles. The lowest BCUT2D eigenvalue weighted by Crippen LogP contribution is -2.10. The fourth-order valence-corrected chi connectivity index (χ4v) is 1.66. The number of rotatable bonds is 1. The fourth-order valence-electron chi connectivity index (χ4n) is 1.66. The molecule has 1 rings (SSSR count). The third-order valence-electron chi connectivity index (χ3n) is 2.42. The van der Waals surface area contributed by atoms with Crippen molar-refractivity contribution >= 4 is 5.78 Å². The van der Waals surface area contributed by atoms with E-state index in [1.165, 1.54) is 12.8 Å². The summed E-state index contributed by atoms with van der Waals surface area (Å²) in [6.07, 6.45) is 6.72. The average molecular weight is 140 g/mol. The summed E-state index contributed by atoms with van der Waals surface area (Å²) in [6, 6.07) is 0. The lowest BCUT2D eigenvalue weighted by molar-refractivity contribution is -0.122. The van der Waals surface area contributed by atoms with Crippen molar-refractivity contribution in [3.63, 3.8) is 0 Å². The standard InChI is InChI=1S/C9H16O/c1-2-8-6-4-3-5-7-9(8)10/h8H,2-7H2,1H3/t8-/m1/s1. The van der Waals surface area contributed by atoms with Crippen LogP contribution in [0.15, 0.2) is 0 Å². The summed E-state index contributed by atoms with van der Waals surface area (Å²) < 4.78 is 0. The maximum absolute atomic E-state index is 11.2. The van der Waals surface area contributed by atoms with Gasteiger partial charge in [0.2, 0.25) is 0 Å². The molecule has 1 fully saturated rings. The molecule has 1 saturated carbocycles. The van der Waals surface area contributed by atoms with Crippen LogP contribution in [0.25, 0.3) is 0 Å². The minimum Gasteiger partial charge on any atom is -0.299 e. The summed E-state index contributed by atoms with van der Waals surface area (Å²) in [5.41, 5.74) is 0. The van der Waals surface area contributed by atoms with Crippen LogP contribution in [0.1, 0.15) is 45.4 Å². The first-order valence-electron chi connectivity index (χ1n) is 4.37.